The van der Waals surface area contributed by atoms with Crippen LogP contribution in [0.3, 0.4) is 0 Å². The van der Waals surface area contributed by atoms with Crippen LogP contribution < -0.4 is 0 Å². The van der Waals surface area contributed by atoms with Crippen molar-refractivity contribution in [3.63, 3.8) is 0 Å². The Balaban J connectivity index is 1.27. The van der Waals surface area contributed by atoms with Crippen molar-refractivity contribution in [2.75, 3.05) is 13.2 Å². The third kappa shape index (κ3) is 3.60. The molecule has 4 rings (SSSR count). The highest BCUT2D eigenvalue weighted by atomic mass is 16.5. The van der Waals surface area contributed by atoms with Gasteiger partial charge in [-0.05, 0) is 43.0 Å². The van der Waals surface area contributed by atoms with Crippen molar-refractivity contribution in [2.24, 2.45) is 0 Å². The predicted octanol–water partition coefficient (Wildman–Crippen LogP) is 2.65. The van der Waals surface area contributed by atoms with Crippen molar-refractivity contribution in [3.05, 3.63) is 54.2 Å². The van der Waals surface area contributed by atoms with E-state index in [0.29, 0.717) is 18.8 Å². The minimum Gasteiger partial charge on any atom is -0.472 e. The van der Waals surface area contributed by atoms with Crippen LogP contribution in [0, 0.1) is 0 Å². The molecule has 25 heavy (non-hydrogen) atoms. The van der Waals surface area contributed by atoms with Crippen molar-refractivity contribution in [1.82, 2.24) is 9.88 Å². The standard InChI is InChI=1S/C19H22N2O4/c22-19(15-6-10-23-12-15)21-9-5-18-17(21)2-1-16(25-18)13-24-11-14-3-7-20-8-4-14/h3-4,6-8,10,12,16-18H,1-2,5,9,11,13H2/t16-,17+,18+/m1/s1. The second-order valence-electron chi connectivity index (χ2n) is 6.61. The van der Waals surface area contributed by atoms with Gasteiger partial charge in [0.25, 0.3) is 5.91 Å². The van der Waals surface area contributed by atoms with E-state index in [1.807, 2.05) is 17.0 Å². The van der Waals surface area contributed by atoms with Gasteiger partial charge in [-0.15, -0.1) is 0 Å². The smallest absolute Gasteiger partial charge is 0.257 e. The van der Waals surface area contributed by atoms with Crippen molar-refractivity contribution in [2.45, 2.75) is 44.1 Å². The molecule has 0 unspecified atom stereocenters. The van der Waals surface area contributed by atoms with Crippen LogP contribution >= 0.6 is 0 Å². The molecule has 6 nitrogen and oxygen atoms in total. The lowest BCUT2D eigenvalue weighted by molar-refractivity contribution is -0.0987. The van der Waals surface area contributed by atoms with E-state index < -0.39 is 0 Å². The number of hydrogen-bond acceptors (Lipinski definition) is 5. The molecule has 0 spiro atoms. The molecular weight excluding hydrogens is 320 g/mol. The second-order valence-corrected chi connectivity index (χ2v) is 6.61. The Labute approximate surface area is 146 Å². The largest absolute Gasteiger partial charge is 0.472 e. The average molecular weight is 342 g/mol. The van der Waals surface area contributed by atoms with Gasteiger partial charge in [0.2, 0.25) is 0 Å². The van der Waals surface area contributed by atoms with Crippen molar-refractivity contribution >= 4 is 5.91 Å². The molecule has 2 aliphatic rings. The summed E-state index contributed by atoms with van der Waals surface area (Å²) in [4.78, 5) is 18.5. The maximum Gasteiger partial charge on any atom is 0.257 e. The van der Waals surface area contributed by atoms with Crippen molar-refractivity contribution in [1.29, 1.82) is 0 Å². The molecule has 0 bridgehead atoms. The summed E-state index contributed by atoms with van der Waals surface area (Å²) in [6.07, 6.45) is 9.55. The topological polar surface area (TPSA) is 64.8 Å². The maximum atomic E-state index is 12.6. The summed E-state index contributed by atoms with van der Waals surface area (Å²) in [6.45, 7) is 1.90. The van der Waals surface area contributed by atoms with E-state index >= 15 is 0 Å². The first kappa shape index (κ1) is 16.3. The number of carbonyl (C=O) groups excluding carboxylic acids is 1. The van der Waals surface area contributed by atoms with E-state index in [0.717, 1.165) is 31.4 Å². The molecule has 2 aromatic rings. The first-order valence-corrected chi connectivity index (χ1v) is 8.76. The van der Waals surface area contributed by atoms with Crippen LogP contribution in [0.25, 0.3) is 0 Å². The number of aromatic nitrogens is 1. The molecule has 1 amide bonds. The van der Waals surface area contributed by atoms with Crippen LogP contribution in [0.1, 0.15) is 35.2 Å². The molecule has 2 aliphatic heterocycles. The van der Waals surface area contributed by atoms with Gasteiger partial charge in [-0.2, -0.15) is 0 Å². The first-order valence-electron chi connectivity index (χ1n) is 8.76. The molecule has 0 N–H and O–H groups in total. The van der Waals surface area contributed by atoms with Gasteiger partial charge in [-0.3, -0.25) is 9.78 Å². The van der Waals surface area contributed by atoms with Crippen LogP contribution in [0.2, 0.25) is 0 Å². The van der Waals surface area contributed by atoms with Crippen LogP contribution in [-0.4, -0.2) is 47.2 Å². The quantitative estimate of drug-likeness (QED) is 0.836. The number of hydrogen-bond donors (Lipinski definition) is 0. The monoisotopic (exact) mass is 342 g/mol. The minimum absolute atomic E-state index is 0.0391. The number of nitrogens with zero attached hydrogens (tertiary/aromatic N) is 2. The third-order valence-corrected chi connectivity index (χ3v) is 4.99. The van der Waals surface area contributed by atoms with Crippen LogP contribution in [-0.2, 0) is 16.1 Å². The number of pyridine rings is 1. The van der Waals surface area contributed by atoms with Crippen LogP contribution in [0.4, 0.5) is 0 Å². The maximum absolute atomic E-state index is 12.6. The fraction of sp³-hybridized carbons (Fsp3) is 0.474. The summed E-state index contributed by atoms with van der Waals surface area (Å²) in [5, 5.41) is 0. The Morgan fingerprint density at radius 3 is 2.92 bits per heavy atom. The van der Waals surface area contributed by atoms with Gasteiger partial charge in [0.05, 0.1) is 43.3 Å². The van der Waals surface area contributed by atoms with Gasteiger partial charge in [0.15, 0.2) is 0 Å². The molecule has 0 radical (unpaired) electrons. The molecule has 132 valence electrons. The fourth-order valence-corrected chi connectivity index (χ4v) is 3.71. The Bertz CT molecular complexity index is 689. The Hall–Kier alpha value is -2.18. The van der Waals surface area contributed by atoms with Crippen LogP contribution in [0.15, 0.2) is 47.5 Å². The van der Waals surface area contributed by atoms with Crippen molar-refractivity contribution in [3.8, 4) is 0 Å². The highest BCUT2D eigenvalue weighted by Crippen LogP contribution is 2.32. The van der Waals surface area contributed by atoms with E-state index in [4.69, 9.17) is 13.9 Å². The average Bonchev–Trinajstić information content (AvgIpc) is 3.32. The van der Waals surface area contributed by atoms with E-state index in [9.17, 15) is 4.79 Å². The number of ether oxygens (including phenoxy) is 2. The summed E-state index contributed by atoms with van der Waals surface area (Å²) in [5.74, 6) is 0.0391. The van der Waals surface area contributed by atoms with E-state index in [-0.39, 0.29) is 24.2 Å². The Morgan fingerprint density at radius 2 is 2.12 bits per heavy atom. The van der Waals surface area contributed by atoms with E-state index in [1.54, 1.807) is 18.5 Å². The zero-order valence-electron chi connectivity index (χ0n) is 14.0. The number of carbonyl (C=O) groups is 1. The summed E-state index contributed by atoms with van der Waals surface area (Å²) in [7, 11) is 0. The highest BCUT2D eigenvalue weighted by molar-refractivity contribution is 5.94. The summed E-state index contributed by atoms with van der Waals surface area (Å²) in [5.41, 5.74) is 1.73. The highest BCUT2D eigenvalue weighted by Gasteiger charge is 2.42. The lowest BCUT2D eigenvalue weighted by atomic mass is 9.99. The SMILES string of the molecule is O=C(c1ccoc1)N1CC[C@@H]2O[C@@H](COCc3ccncc3)CC[C@@H]21. The molecule has 6 heteroatoms. The number of rotatable bonds is 5. The number of amides is 1. The summed E-state index contributed by atoms with van der Waals surface area (Å²) in [6, 6.07) is 5.79. The molecule has 2 saturated heterocycles. The van der Waals surface area contributed by atoms with Gasteiger partial charge in [-0.25, -0.2) is 0 Å². The molecule has 2 fully saturated rings. The van der Waals surface area contributed by atoms with E-state index in [2.05, 4.69) is 4.98 Å². The molecule has 3 atom stereocenters. The molecule has 4 heterocycles. The van der Waals surface area contributed by atoms with Gasteiger partial charge in [0, 0.05) is 18.9 Å². The Kier molecular flexibility index (Phi) is 4.81. The van der Waals surface area contributed by atoms with Crippen LogP contribution in [0.5, 0.6) is 0 Å². The predicted molar refractivity (Wildman–Crippen MR) is 89.9 cm³/mol. The molecule has 0 aromatic carbocycles. The normalized spacial score (nSPS) is 25.8. The molecule has 2 aromatic heterocycles. The van der Waals surface area contributed by atoms with E-state index in [1.165, 1.54) is 12.5 Å². The zero-order valence-corrected chi connectivity index (χ0v) is 14.0. The zero-order chi connectivity index (χ0) is 17.1. The molecule has 0 aliphatic carbocycles. The lowest BCUT2D eigenvalue weighted by Gasteiger charge is -2.35. The minimum atomic E-state index is 0.0391. The van der Waals surface area contributed by atoms with Gasteiger partial charge in [-0.1, -0.05) is 0 Å². The summed E-state index contributed by atoms with van der Waals surface area (Å²) < 4.78 is 17.0. The van der Waals surface area contributed by atoms with Gasteiger partial charge in [0.1, 0.15) is 6.26 Å². The number of likely N-dealkylation sites (tertiary alicyclic amines) is 1. The summed E-state index contributed by atoms with van der Waals surface area (Å²) >= 11 is 0. The second kappa shape index (κ2) is 7.37. The number of fused-ring (bicyclic) bond motifs is 1. The Morgan fingerprint density at radius 1 is 1.24 bits per heavy atom. The molecule has 0 saturated carbocycles. The fourth-order valence-electron chi connectivity index (χ4n) is 3.71. The first-order chi connectivity index (χ1) is 12.3. The third-order valence-electron chi connectivity index (χ3n) is 4.99. The molecular formula is C19H22N2O4. The lowest BCUT2D eigenvalue weighted by Crippen LogP contribution is -2.45. The number of furan rings is 1. The van der Waals surface area contributed by atoms with Crippen molar-refractivity contribution < 1.29 is 18.7 Å². The van der Waals surface area contributed by atoms with Gasteiger partial charge >= 0.3 is 0 Å². The van der Waals surface area contributed by atoms with Gasteiger partial charge < -0.3 is 18.8 Å².